The van der Waals surface area contributed by atoms with Gasteiger partial charge in [-0.1, -0.05) is 23.7 Å². The largest absolute Gasteiger partial charge is 0.378 e. The molecule has 0 bridgehead atoms. The van der Waals surface area contributed by atoms with Crippen molar-refractivity contribution >= 4 is 11.6 Å². The number of nitriles is 1. The minimum absolute atomic E-state index is 0.0106. The Bertz CT molecular complexity index is 406. The van der Waals surface area contributed by atoms with E-state index in [1.165, 1.54) is 0 Å². The number of rotatable bonds is 3. The molecule has 1 aromatic carbocycles. The molecule has 0 amide bonds. The third-order valence-electron chi connectivity index (χ3n) is 2.99. The molecule has 2 rings (SSSR count). The van der Waals surface area contributed by atoms with Crippen LogP contribution < -0.4 is 5.32 Å². The SMILES string of the molecule is CNC(c1ccc(Cl)cc1)C1(C#N)COC1. The van der Waals surface area contributed by atoms with Crippen LogP contribution in [0.5, 0.6) is 0 Å². The molecule has 84 valence electrons. The van der Waals surface area contributed by atoms with Gasteiger partial charge in [0.05, 0.1) is 25.3 Å². The molecule has 0 spiro atoms. The summed E-state index contributed by atoms with van der Waals surface area (Å²) in [6.07, 6.45) is 0. The predicted molar refractivity (Wildman–Crippen MR) is 62.1 cm³/mol. The lowest BCUT2D eigenvalue weighted by molar-refractivity contribution is -0.0963. The Balaban J connectivity index is 2.29. The van der Waals surface area contributed by atoms with E-state index in [2.05, 4.69) is 11.4 Å². The van der Waals surface area contributed by atoms with Crippen molar-refractivity contribution in [3.63, 3.8) is 0 Å². The molecule has 0 aromatic heterocycles. The summed E-state index contributed by atoms with van der Waals surface area (Å²) in [5.74, 6) is 0. The van der Waals surface area contributed by atoms with E-state index in [0.29, 0.717) is 18.2 Å². The molecule has 1 aliphatic heterocycles. The standard InChI is InChI=1S/C12H13ClN2O/c1-15-11(12(6-14)7-16-8-12)9-2-4-10(13)5-3-9/h2-5,11,15H,7-8H2,1H3. The number of halogens is 1. The summed E-state index contributed by atoms with van der Waals surface area (Å²) in [6, 6.07) is 9.92. The van der Waals surface area contributed by atoms with Gasteiger partial charge in [-0.3, -0.25) is 0 Å². The van der Waals surface area contributed by atoms with Gasteiger partial charge >= 0.3 is 0 Å². The molecule has 3 nitrogen and oxygen atoms in total. The summed E-state index contributed by atoms with van der Waals surface area (Å²) in [6.45, 7) is 0.968. The molecule has 1 N–H and O–H groups in total. The molecule has 1 atom stereocenters. The highest BCUT2D eigenvalue weighted by atomic mass is 35.5. The van der Waals surface area contributed by atoms with Gasteiger partial charge in [0.2, 0.25) is 0 Å². The number of hydrogen-bond donors (Lipinski definition) is 1. The van der Waals surface area contributed by atoms with E-state index in [0.717, 1.165) is 5.56 Å². The molecule has 1 fully saturated rings. The van der Waals surface area contributed by atoms with Crippen LogP contribution in [0.2, 0.25) is 5.02 Å². The maximum Gasteiger partial charge on any atom is 0.123 e. The summed E-state index contributed by atoms with van der Waals surface area (Å²) in [4.78, 5) is 0. The lowest BCUT2D eigenvalue weighted by Crippen LogP contribution is -2.50. The number of nitrogens with one attached hydrogen (secondary N) is 1. The van der Waals surface area contributed by atoms with E-state index in [9.17, 15) is 5.26 Å². The van der Waals surface area contributed by atoms with Crippen LogP contribution >= 0.6 is 11.6 Å². The van der Waals surface area contributed by atoms with Crippen molar-refractivity contribution in [2.24, 2.45) is 5.41 Å². The second-order valence-corrected chi connectivity index (χ2v) is 4.47. The number of nitrogens with zero attached hydrogens (tertiary/aromatic N) is 1. The minimum Gasteiger partial charge on any atom is -0.378 e. The average molecular weight is 237 g/mol. The van der Waals surface area contributed by atoms with Crippen LogP contribution in [0.25, 0.3) is 0 Å². The second kappa shape index (κ2) is 4.42. The first-order chi connectivity index (χ1) is 7.72. The normalized spacial score (nSPS) is 19.6. The molecule has 16 heavy (non-hydrogen) atoms. The fourth-order valence-electron chi connectivity index (χ4n) is 2.03. The zero-order valence-electron chi connectivity index (χ0n) is 9.03. The Hall–Kier alpha value is -1.08. The van der Waals surface area contributed by atoms with Gasteiger partial charge in [-0.05, 0) is 24.7 Å². The van der Waals surface area contributed by atoms with Gasteiger partial charge < -0.3 is 10.1 Å². The topological polar surface area (TPSA) is 45.0 Å². The van der Waals surface area contributed by atoms with Crippen LogP contribution in [0, 0.1) is 16.7 Å². The molecular weight excluding hydrogens is 224 g/mol. The lowest BCUT2D eigenvalue weighted by atomic mass is 9.76. The summed E-state index contributed by atoms with van der Waals surface area (Å²) < 4.78 is 5.17. The fraction of sp³-hybridized carbons (Fsp3) is 0.417. The second-order valence-electron chi connectivity index (χ2n) is 4.03. The first-order valence-electron chi connectivity index (χ1n) is 5.13. The third-order valence-corrected chi connectivity index (χ3v) is 3.24. The van der Waals surface area contributed by atoms with Gasteiger partial charge in [-0.15, -0.1) is 0 Å². The zero-order valence-corrected chi connectivity index (χ0v) is 9.79. The van der Waals surface area contributed by atoms with Crippen molar-refractivity contribution in [3.05, 3.63) is 34.9 Å². The molecule has 1 aliphatic rings. The van der Waals surface area contributed by atoms with Crippen LogP contribution in [0.3, 0.4) is 0 Å². The van der Waals surface area contributed by atoms with Crippen molar-refractivity contribution in [3.8, 4) is 6.07 Å². The Morgan fingerprint density at radius 1 is 1.44 bits per heavy atom. The fourth-order valence-corrected chi connectivity index (χ4v) is 2.16. The Morgan fingerprint density at radius 3 is 2.44 bits per heavy atom. The molecular formula is C12H13ClN2O. The molecule has 1 unspecified atom stereocenters. The first kappa shape index (κ1) is 11.4. The van der Waals surface area contributed by atoms with Crippen molar-refractivity contribution in [2.45, 2.75) is 6.04 Å². The van der Waals surface area contributed by atoms with Gasteiger partial charge in [0.25, 0.3) is 0 Å². The Kier molecular flexibility index (Phi) is 3.15. The van der Waals surface area contributed by atoms with Gasteiger partial charge in [0.15, 0.2) is 0 Å². The summed E-state index contributed by atoms with van der Waals surface area (Å²) >= 11 is 5.85. The van der Waals surface area contributed by atoms with Gasteiger partial charge in [-0.25, -0.2) is 0 Å². The quantitative estimate of drug-likeness (QED) is 0.875. The Labute approximate surface area is 100.0 Å². The van der Waals surface area contributed by atoms with Gasteiger partial charge in [0.1, 0.15) is 5.41 Å². The third kappa shape index (κ3) is 1.80. The summed E-state index contributed by atoms with van der Waals surface area (Å²) in [5.41, 5.74) is 0.625. The molecule has 1 aromatic rings. The summed E-state index contributed by atoms with van der Waals surface area (Å²) in [5, 5.41) is 13.1. The first-order valence-corrected chi connectivity index (χ1v) is 5.51. The van der Waals surface area contributed by atoms with E-state index in [1.54, 1.807) is 0 Å². The number of benzene rings is 1. The van der Waals surface area contributed by atoms with E-state index in [-0.39, 0.29) is 6.04 Å². The average Bonchev–Trinajstić information content (AvgIpc) is 2.25. The number of ether oxygens (including phenoxy) is 1. The van der Waals surface area contributed by atoms with Crippen LogP contribution in [0.4, 0.5) is 0 Å². The van der Waals surface area contributed by atoms with Crippen molar-refractivity contribution in [1.82, 2.24) is 5.32 Å². The lowest BCUT2D eigenvalue weighted by Gasteiger charge is -2.41. The van der Waals surface area contributed by atoms with Crippen molar-refractivity contribution in [2.75, 3.05) is 20.3 Å². The minimum atomic E-state index is -0.442. The maximum atomic E-state index is 9.26. The van der Waals surface area contributed by atoms with Gasteiger partial charge in [-0.2, -0.15) is 5.26 Å². The number of hydrogen-bond acceptors (Lipinski definition) is 3. The monoisotopic (exact) mass is 236 g/mol. The van der Waals surface area contributed by atoms with Crippen LogP contribution in [0.1, 0.15) is 11.6 Å². The zero-order chi connectivity index (χ0) is 11.6. The van der Waals surface area contributed by atoms with Crippen LogP contribution in [-0.4, -0.2) is 20.3 Å². The highest BCUT2D eigenvalue weighted by molar-refractivity contribution is 6.30. The van der Waals surface area contributed by atoms with Crippen LogP contribution in [-0.2, 0) is 4.74 Å². The molecule has 0 radical (unpaired) electrons. The smallest absolute Gasteiger partial charge is 0.123 e. The maximum absolute atomic E-state index is 9.26. The molecule has 0 saturated carbocycles. The molecule has 1 heterocycles. The van der Waals surface area contributed by atoms with Crippen molar-refractivity contribution < 1.29 is 4.74 Å². The predicted octanol–water partition coefficient (Wildman–Crippen LogP) is 2.14. The molecule has 1 saturated heterocycles. The van der Waals surface area contributed by atoms with Crippen molar-refractivity contribution in [1.29, 1.82) is 5.26 Å². The Morgan fingerprint density at radius 2 is 2.06 bits per heavy atom. The van der Waals surface area contributed by atoms with Crippen LogP contribution in [0.15, 0.2) is 24.3 Å². The molecule has 0 aliphatic carbocycles. The van der Waals surface area contributed by atoms with Gasteiger partial charge in [0, 0.05) is 5.02 Å². The van der Waals surface area contributed by atoms with E-state index in [1.807, 2.05) is 31.3 Å². The van der Waals surface area contributed by atoms with E-state index in [4.69, 9.17) is 16.3 Å². The highest BCUT2D eigenvalue weighted by Crippen LogP contribution is 2.39. The van der Waals surface area contributed by atoms with E-state index >= 15 is 0 Å². The highest BCUT2D eigenvalue weighted by Gasteiger charge is 2.46. The van der Waals surface area contributed by atoms with E-state index < -0.39 is 5.41 Å². The molecule has 4 heteroatoms. The summed E-state index contributed by atoms with van der Waals surface area (Å²) in [7, 11) is 1.86.